The number of carbonyl (C=O) groups excluding carboxylic acids is 1. The van der Waals surface area contributed by atoms with Gasteiger partial charge in [-0.15, -0.1) is 21.5 Å². The van der Waals surface area contributed by atoms with Crippen molar-refractivity contribution in [3.63, 3.8) is 0 Å². The minimum absolute atomic E-state index is 0.130. The van der Waals surface area contributed by atoms with E-state index >= 15 is 0 Å². The van der Waals surface area contributed by atoms with Crippen molar-refractivity contribution in [2.75, 3.05) is 11.1 Å². The molecule has 1 N–H and O–H groups in total. The zero-order valence-corrected chi connectivity index (χ0v) is 14.9. The normalized spacial score (nSPS) is 10.7. The Labute approximate surface area is 147 Å². The van der Waals surface area contributed by atoms with Gasteiger partial charge in [-0.3, -0.25) is 4.79 Å². The van der Waals surface area contributed by atoms with E-state index in [9.17, 15) is 4.79 Å². The molecule has 7 heteroatoms. The number of hydrogen-bond acceptors (Lipinski definition) is 7. The van der Waals surface area contributed by atoms with Gasteiger partial charge in [-0.25, -0.2) is 0 Å². The van der Waals surface area contributed by atoms with Crippen LogP contribution >= 0.6 is 34.4 Å². The lowest BCUT2D eigenvalue weighted by Gasteiger charge is -2.02. The predicted molar refractivity (Wildman–Crippen MR) is 98.4 cm³/mol. The SMILES string of the molecule is CCc1ccc(Nc2nnc(SCC(=O)c3cccs3)s2)cc1. The minimum atomic E-state index is 0.130. The maximum atomic E-state index is 12.0. The summed E-state index contributed by atoms with van der Waals surface area (Å²) in [6.07, 6.45) is 1.03. The second-order valence-electron chi connectivity index (χ2n) is 4.74. The smallest absolute Gasteiger partial charge is 0.210 e. The summed E-state index contributed by atoms with van der Waals surface area (Å²) in [6, 6.07) is 12.0. The van der Waals surface area contributed by atoms with Crippen molar-refractivity contribution in [3.8, 4) is 0 Å². The number of benzene rings is 1. The van der Waals surface area contributed by atoms with Gasteiger partial charge in [-0.2, -0.15) is 0 Å². The number of thiophene rings is 1. The number of nitrogens with zero attached hydrogens (tertiary/aromatic N) is 2. The first-order chi connectivity index (χ1) is 11.2. The molecule has 0 aliphatic heterocycles. The highest BCUT2D eigenvalue weighted by Crippen LogP contribution is 2.28. The van der Waals surface area contributed by atoms with Crippen LogP contribution in [0.25, 0.3) is 0 Å². The van der Waals surface area contributed by atoms with Gasteiger partial charge in [0.1, 0.15) is 0 Å². The Balaban J connectivity index is 1.56. The van der Waals surface area contributed by atoms with Crippen LogP contribution in [0.4, 0.5) is 10.8 Å². The first kappa shape index (κ1) is 16.2. The molecule has 0 aliphatic carbocycles. The molecular weight excluding hydrogens is 346 g/mol. The molecule has 0 spiro atoms. The predicted octanol–water partition coefficient (Wildman–Crippen LogP) is 4.88. The topological polar surface area (TPSA) is 54.9 Å². The maximum absolute atomic E-state index is 12.0. The molecule has 118 valence electrons. The van der Waals surface area contributed by atoms with Gasteiger partial charge >= 0.3 is 0 Å². The van der Waals surface area contributed by atoms with Crippen LogP contribution in [0, 0.1) is 0 Å². The second kappa shape index (κ2) is 7.72. The fourth-order valence-corrected chi connectivity index (χ4v) is 4.31. The standard InChI is InChI=1S/C16H15N3OS3/c1-2-11-5-7-12(8-6-11)17-15-18-19-16(23-15)22-10-13(20)14-4-3-9-21-14/h3-9H,2,10H2,1H3,(H,17,18). The summed E-state index contributed by atoms with van der Waals surface area (Å²) in [7, 11) is 0. The molecule has 0 radical (unpaired) electrons. The van der Waals surface area contributed by atoms with Gasteiger partial charge < -0.3 is 5.32 Å². The van der Waals surface area contributed by atoms with E-state index in [-0.39, 0.29) is 5.78 Å². The zero-order valence-electron chi connectivity index (χ0n) is 12.5. The molecule has 0 saturated heterocycles. The minimum Gasteiger partial charge on any atom is -0.330 e. The van der Waals surface area contributed by atoms with Crippen molar-refractivity contribution in [1.29, 1.82) is 0 Å². The summed E-state index contributed by atoms with van der Waals surface area (Å²) in [4.78, 5) is 12.8. The number of rotatable bonds is 7. The Kier molecular flexibility index (Phi) is 5.43. The molecule has 0 saturated carbocycles. The third-order valence-corrected chi connectivity index (χ3v) is 6.03. The summed E-state index contributed by atoms with van der Waals surface area (Å²) in [5, 5.41) is 14.1. The van der Waals surface area contributed by atoms with Gasteiger partial charge in [0, 0.05) is 5.69 Å². The molecule has 0 unspecified atom stereocenters. The highest BCUT2D eigenvalue weighted by molar-refractivity contribution is 8.01. The fourth-order valence-electron chi connectivity index (χ4n) is 1.90. The Morgan fingerprint density at radius 2 is 2.04 bits per heavy atom. The summed E-state index contributed by atoms with van der Waals surface area (Å²) >= 11 is 4.35. The van der Waals surface area contributed by atoms with Crippen molar-refractivity contribution < 1.29 is 4.79 Å². The molecule has 0 bridgehead atoms. The van der Waals surface area contributed by atoms with E-state index in [2.05, 4.69) is 34.6 Å². The van der Waals surface area contributed by atoms with Gasteiger partial charge in [0.15, 0.2) is 10.1 Å². The fraction of sp³-hybridized carbons (Fsp3) is 0.188. The number of hydrogen-bond donors (Lipinski definition) is 1. The third-order valence-electron chi connectivity index (χ3n) is 3.14. The maximum Gasteiger partial charge on any atom is 0.210 e. The van der Waals surface area contributed by atoms with Gasteiger partial charge in [0.05, 0.1) is 10.6 Å². The number of thioether (sulfide) groups is 1. The largest absolute Gasteiger partial charge is 0.330 e. The van der Waals surface area contributed by atoms with Crippen LogP contribution in [-0.2, 0) is 6.42 Å². The van der Waals surface area contributed by atoms with E-state index in [1.165, 1.54) is 40.0 Å². The average Bonchev–Trinajstić information content (AvgIpc) is 3.25. The summed E-state index contributed by atoms with van der Waals surface area (Å²) in [6.45, 7) is 2.13. The Morgan fingerprint density at radius 1 is 1.22 bits per heavy atom. The van der Waals surface area contributed by atoms with Crippen LogP contribution in [-0.4, -0.2) is 21.7 Å². The molecule has 23 heavy (non-hydrogen) atoms. The van der Waals surface area contributed by atoms with Crippen molar-refractivity contribution >= 4 is 51.0 Å². The van der Waals surface area contributed by atoms with Crippen LogP contribution in [0.5, 0.6) is 0 Å². The number of carbonyl (C=O) groups is 1. The molecule has 2 aromatic heterocycles. The first-order valence-corrected chi connectivity index (χ1v) is 9.81. The third kappa shape index (κ3) is 4.40. The molecule has 1 aromatic carbocycles. The quantitative estimate of drug-likeness (QED) is 0.480. The van der Waals surface area contributed by atoms with Crippen LogP contribution in [0.2, 0.25) is 0 Å². The summed E-state index contributed by atoms with van der Waals surface area (Å²) in [5.74, 6) is 0.519. The Morgan fingerprint density at radius 3 is 2.74 bits per heavy atom. The lowest BCUT2D eigenvalue weighted by atomic mass is 10.1. The van der Waals surface area contributed by atoms with E-state index in [1.54, 1.807) is 0 Å². The van der Waals surface area contributed by atoms with Gasteiger partial charge in [-0.1, -0.05) is 48.2 Å². The van der Waals surface area contributed by atoms with Crippen molar-refractivity contribution in [2.24, 2.45) is 0 Å². The number of ketones is 1. The van der Waals surface area contributed by atoms with E-state index in [0.717, 1.165) is 26.5 Å². The molecule has 3 rings (SSSR count). The van der Waals surface area contributed by atoms with Crippen molar-refractivity contribution in [2.45, 2.75) is 17.7 Å². The van der Waals surface area contributed by atoms with Crippen LogP contribution in [0.15, 0.2) is 46.1 Å². The molecule has 0 aliphatic rings. The summed E-state index contributed by atoms with van der Waals surface area (Å²) in [5.41, 5.74) is 2.29. The molecule has 2 heterocycles. The average molecular weight is 362 g/mol. The van der Waals surface area contributed by atoms with E-state index in [4.69, 9.17) is 0 Å². The van der Waals surface area contributed by atoms with Crippen LogP contribution in [0.1, 0.15) is 22.2 Å². The van der Waals surface area contributed by atoms with Gasteiger partial charge in [0.25, 0.3) is 0 Å². The Hall–Kier alpha value is -1.70. The molecule has 0 atom stereocenters. The van der Waals surface area contributed by atoms with Crippen LogP contribution < -0.4 is 5.32 Å². The van der Waals surface area contributed by atoms with Gasteiger partial charge in [-0.05, 0) is 35.6 Å². The number of aromatic nitrogens is 2. The van der Waals surface area contributed by atoms with E-state index in [1.807, 2.05) is 29.6 Å². The van der Waals surface area contributed by atoms with Gasteiger partial charge in [0.2, 0.25) is 5.13 Å². The zero-order chi connectivity index (χ0) is 16.1. The first-order valence-electron chi connectivity index (χ1n) is 7.13. The number of Topliss-reactive ketones (excluding diaryl/α,β-unsaturated/α-hetero) is 1. The lowest BCUT2D eigenvalue weighted by Crippen LogP contribution is -1.98. The Bertz CT molecular complexity index is 766. The number of anilines is 2. The van der Waals surface area contributed by atoms with Crippen molar-refractivity contribution in [3.05, 3.63) is 52.2 Å². The molecular formula is C16H15N3OS3. The van der Waals surface area contributed by atoms with Crippen LogP contribution in [0.3, 0.4) is 0 Å². The monoisotopic (exact) mass is 361 g/mol. The molecule has 0 fully saturated rings. The lowest BCUT2D eigenvalue weighted by molar-refractivity contribution is 0.102. The van der Waals surface area contributed by atoms with Crippen molar-refractivity contribution in [1.82, 2.24) is 10.2 Å². The molecule has 0 amide bonds. The van der Waals surface area contributed by atoms with E-state index < -0.39 is 0 Å². The highest BCUT2D eigenvalue weighted by Gasteiger charge is 2.10. The molecule has 3 aromatic rings. The second-order valence-corrected chi connectivity index (χ2v) is 7.89. The highest BCUT2D eigenvalue weighted by atomic mass is 32.2. The summed E-state index contributed by atoms with van der Waals surface area (Å²) < 4.78 is 0.794. The van der Waals surface area contributed by atoms with E-state index in [0.29, 0.717) is 5.75 Å². The number of aryl methyl sites for hydroxylation is 1. The molecule has 4 nitrogen and oxygen atoms in total. The number of nitrogens with one attached hydrogen (secondary N) is 1.